The first kappa shape index (κ1) is 41.5. The normalized spacial score (nSPS) is 15.2. The van der Waals surface area contributed by atoms with Crippen molar-refractivity contribution < 1.29 is 102 Å². The maximum absolute atomic E-state index is 15.2. The summed E-state index contributed by atoms with van der Waals surface area (Å²) < 4.78 is 267. The Balaban J connectivity index is 2.34. The molecule has 0 radical (unpaired) electrons. The largest absolute Gasteiger partial charge is 0.508 e. The minimum Gasteiger partial charge on any atom is -0.508 e. The van der Waals surface area contributed by atoms with Gasteiger partial charge in [0.25, 0.3) is 0 Å². The molecule has 25 heteroatoms. The van der Waals surface area contributed by atoms with Gasteiger partial charge in [-0.1, -0.05) is 0 Å². The van der Waals surface area contributed by atoms with E-state index < -0.39 is 99.3 Å². The van der Waals surface area contributed by atoms with Gasteiger partial charge in [-0.05, 0) is 83.1 Å². The van der Waals surface area contributed by atoms with E-state index in [-0.39, 0.29) is 0 Å². The predicted molar refractivity (Wildman–Crippen MR) is 137 cm³/mol. The van der Waals surface area contributed by atoms with E-state index in [4.69, 9.17) is 0 Å². The van der Waals surface area contributed by atoms with Crippen molar-refractivity contribution in [1.29, 1.82) is 0 Å². The fraction of sp³-hybridized carbons (Fsp3) is 0.308. The number of rotatable bonds is 12. The van der Waals surface area contributed by atoms with Gasteiger partial charge in [-0.25, -0.2) is 3.63 Å². The molecule has 0 aliphatic rings. The third kappa shape index (κ3) is 6.02. The quantitative estimate of drug-likeness (QED) is 0.158. The second kappa shape index (κ2) is 12.4. The van der Waals surface area contributed by atoms with Crippen LogP contribution in [0.1, 0.15) is 0 Å². The lowest BCUT2D eigenvalue weighted by molar-refractivity contribution is -0.458. The van der Waals surface area contributed by atoms with Crippen LogP contribution in [0.5, 0.6) is 17.2 Å². The van der Waals surface area contributed by atoms with E-state index in [0.717, 1.165) is 0 Å². The van der Waals surface area contributed by atoms with Crippen LogP contribution < -0.4 is 0 Å². The van der Waals surface area contributed by atoms with Crippen LogP contribution in [0.4, 0.5) is 74.6 Å². The van der Waals surface area contributed by atoms with Gasteiger partial charge in [-0.3, -0.25) is 0 Å². The molecule has 0 unspecified atom stereocenters. The molecule has 0 aliphatic heterocycles. The Morgan fingerprint density at radius 1 is 0.392 bits per heavy atom. The Morgan fingerprint density at radius 3 is 0.882 bits per heavy atom. The summed E-state index contributed by atoms with van der Waals surface area (Å²) in [5.74, 6) is -54.9. The summed E-state index contributed by atoms with van der Waals surface area (Å²) in [6.45, 7) is 0. The van der Waals surface area contributed by atoms with Crippen molar-refractivity contribution in [2.75, 3.05) is 0 Å². The first-order chi connectivity index (χ1) is 22.7. The molecule has 0 heterocycles. The Bertz CT molecular complexity index is 1720. The molecule has 0 aliphatic carbocycles. The van der Waals surface area contributed by atoms with Crippen molar-refractivity contribution in [3.05, 3.63) is 72.8 Å². The highest BCUT2D eigenvalue weighted by molar-refractivity contribution is 8.33. The summed E-state index contributed by atoms with van der Waals surface area (Å²) in [5.41, 5.74) is 0. The predicted octanol–water partition coefficient (Wildman–Crippen LogP) is 9.31. The molecule has 0 fully saturated rings. The SMILES string of the molecule is O=S(=O)(OS(c1ccc(O)cc1)(c1ccc(O)cc1)c1ccc(O)cc1)C(F)(F)C(F)(F)C(F)(F)C(F)(F)C(F)(F)C(F)(F)C(F)(F)C(F)(F)F. The van der Waals surface area contributed by atoms with Gasteiger partial charge >= 0.3 is 57.1 Å². The number of hydrogen-bond donors (Lipinski definition) is 3. The van der Waals surface area contributed by atoms with Crippen molar-refractivity contribution in [1.82, 2.24) is 0 Å². The van der Waals surface area contributed by atoms with Crippen molar-refractivity contribution in [3.8, 4) is 17.2 Å². The standard InChI is InChI=1S/C26H15F17O6S2/c27-19(28,21(31,32)23(35,36)25(39,40)41)20(29,30)22(33,34)24(37,38)26(42,43)51(47,48)49-50(16-7-1-13(44)2-8-16,17-9-3-14(45)4-10-17)18-11-5-15(46)6-12-18/h1-12,44-46H. The summed E-state index contributed by atoms with van der Waals surface area (Å²) in [6.07, 6.45) is -7.97. The average Bonchev–Trinajstić information content (AvgIpc) is 3.00. The Morgan fingerprint density at radius 2 is 0.627 bits per heavy atom. The Labute approximate surface area is 274 Å². The Kier molecular flexibility index (Phi) is 10.1. The van der Waals surface area contributed by atoms with E-state index in [0.29, 0.717) is 72.8 Å². The highest BCUT2D eigenvalue weighted by atomic mass is 32.3. The zero-order valence-electron chi connectivity index (χ0n) is 23.7. The summed E-state index contributed by atoms with van der Waals surface area (Å²) in [6, 6.07) is 7.73. The molecule has 3 aromatic carbocycles. The van der Waals surface area contributed by atoms with Crippen molar-refractivity contribution in [2.24, 2.45) is 0 Å². The number of halogens is 17. The zero-order valence-corrected chi connectivity index (χ0v) is 25.4. The van der Waals surface area contributed by atoms with Gasteiger partial charge in [0.05, 0.1) is 0 Å². The summed E-state index contributed by atoms with van der Waals surface area (Å²) in [5, 5.41) is 21.0. The van der Waals surface area contributed by atoms with E-state index >= 15 is 8.78 Å². The summed E-state index contributed by atoms with van der Waals surface area (Å²) in [4.78, 5) is -2.38. The van der Waals surface area contributed by atoms with E-state index in [1.54, 1.807) is 0 Å². The van der Waals surface area contributed by atoms with E-state index in [1.165, 1.54) is 0 Å². The van der Waals surface area contributed by atoms with Crippen LogP contribution in [-0.2, 0) is 13.7 Å². The van der Waals surface area contributed by atoms with Crippen LogP contribution in [-0.4, -0.2) is 70.7 Å². The average molecular weight is 811 g/mol. The molecule has 3 aromatic rings. The first-order valence-electron chi connectivity index (χ1n) is 12.6. The summed E-state index contributed by atoms with van der Waals surface area (Å²) >= 11 is 0. The highest BCUT2D eigenvalue weighted by Crippen LogP contribution is 2.72. The monoisotopic (exact) mass is 810 g/mol. The third-order valence-electron chi connectivity index (χ3n) is 6.70. The molecule has 0 spiro atoms. The van der Waals surface area contributed by atoms with Crippen LogP contribution in [0.25, 0.3) is 0 Å². The Hall–Kier alpha value is -3.87. The number of alkyl halides is 17. The molecule has 3 rings (SSSR count). The second-order valence-electron chi connectivity index (χ2n) is 10.0. The van der Waals surface area contributed by atoms with E-state index in [1.807, 2.05) is 0 Å². The highest BCUT2D eigenvalue weighted by Gasteiger charge is 2.96. The molecule has 286 valence electrons. The smallest absolute Gasteiger partial charge is 0.460 e. The zero-order chi connectivity index (χ0) is 39.7. The molecular formula is C26H15F17O6S2. The number of aromatic hydroxyl groups is 3. The molecule has 0 saturated heterocycles. The fourth-order valence-corrected chi connectivity index (χ4v) is 9.10. The van der Waals surface area contributed by atoms with Gasteiger partial charge in [0.2, 0.25) is 0 Å². The lowest BCUT2D eigenvalue weighted by Crippen LogP contribution is -2.75. The number of hydrogen-bond acceptors (Lipinski definition) is 6. The van der Waals surface area contributed by atoms with Crippen LogP contribution in [0, 0.1) is 0 Å². The minimum atomic E-state index is -9.05. The number of benzene rings is 3. The molecular weight excluding hydrogens is 795 g/mol. The lowest BCUT2D eigenvalue weighted by atomic mass is 9.91. The molecule has 0 bridgehead atoms. The lowest BCUT2D eigenvalue weighted by Gasteiger charge is -2.43. The molecule has 0 aromatic heterocycles. The maximum Gasteiger partial charge on any atom is 0.460 e. The van der Waals surface area contributed by atoms with Crippen LogP contribution >= 0.6 is 10.3 Å². The van der Waals surface area contributed by atoms with E-state index in [2.05, 4.69) is 3.63 Å². The minimum absolute atomic E-state index is 0.627. The fourth-order valence-electron chi connectivity index (χ4n) is 3.92. The van der Waals surface area contributed by atoms with Crippen molar-refractivity contribution in [3.63, 3.8) is 0 Å². The van der Waals surface area contributed by atoms with Crippen LogP contribution in [0.2, 0.25) is 0 Å². The van der Waals surface area contributed by atoms with Gasteiger partial charge in [-0.2, -0.15) is 83.1 Å². The summed E-state index contributed by atoms with van der Waals surface area (Å²) in [7, 11) is -12.9. The maximum atomic E-state index is 15.2. The molecule has 0 amide bonds. The van der Waals surface area contributed by atoms with Crippen LogP contribution in [0.15, 0.2) is 87.5 Å². The molecule has 3 N–H and O–H groups in total. The van der Waals surface area contributed by atoms with Crippen LogP contribution in [0.3, 0.4) is 0 Å². The van der Waals surface area contributed by atoms with E-state index in [9.17, 15) is 89.6 Å². The second-order valence-corrected chi connectivity index (χ2v) is 14.5. The first-order valence-corrected chi connectivity index (χ1v) is 15.5. The molecule has 51 heavy (non-hydrogen) atoms. The van der Waals surface area contributed by atoms with Gasteiger partial charge in [0, 0.05) is 14.7 Å². The van der Waals surface area contributed by atoms with Gasteiger partial charge in [0.1, 0.15) is 17.2 Å². The third-order valence-corrected chi connectivity index (χ3v) is 11.9. The van der Waals surface area contributed by atoms with Crippen molar-refractivity contribution >= 4 is 20.4 Å². The molecule has 0 atom stereocenters. The number of phenols is 3. The van der Waals surface area contributed by atoms with Gasteiger partial charge in [0.15, 0.2) is 0 Å². The van der Waals surface area contributed by atoms with Gasteiger partial charge < -0.3 is 15.3 Å². The van der Waals surface area contributed by atoms with Crippen molar-refractivity contribution in [2.45, 2.75) is 61.7 Å². The topological polar surface area (TPSA) is 104 Å². The molecule has 0 saturated carbocycles. The van der Waals surface area contributed by atoms with Gasteiger partial charge in [-0.15, -0.1) is 0 Å². The number of phenolic OH excluding ortho intramolecular Hbond substituents is 3. The molecule has 6 nitrogen and oxygen atoms in total.